The molecule has 1 heterocycles. The fourth-order valence-corrected chi connectivity index (χ4v) is 1.52. The van der Waals surface area contributed by atoms with Crippen LogP contribution in [-0.4, -0.2) is 16.6 Å². The van der Waals surface area contributed by atoms with Gasteiger partial charge in [0.15, 0.2) is 5.69 Å². The quantitative estimate of drug-likeness (QED) is 0.842. The van der Waals surface area contributed by atoms with Crippen LogP contribution in [0.25, 0.3) is 11.5 Å². The first-order valence-corrected chi connectivity index (χ1v) is 5.62. The third-order valence-corrected chi connectivity index (χ3v) is 2.32. The molecule has 2 aromatic rings. The third-order valence-electron chi connectivity index (χ3n) is 2.13. The van der Waals surface area contributed by atoms with Crippen molar-refractivity contribution < 1.29 is 9.15 Å². The molecule has 0 aliphatic rings. The molecule has 0 bridgehead atoms. The summed E-state index contributed by atoms with van der Waals surface area (Å²) in [6.07, 6.45) is 0. The summed E-state index contributed by atoms with van der Waals surface area (Å²) in [6, 6.07) is 9.51. The van der Waals surface area contributed by atoms with Crippen molar-refractivity contribution in [2.24, 2.45) is 5.73 Å². The number of hydrogen-bond acceptors (Lipinski definition) is 4. The number of ether oxygens (including phenoxy) is 1. The van der Waals surface area contributed by atoms with E-state index in [2.05, 4.69) is 4.98 Å². The molecule has 0 aliphatic carbocycles. The molecule has 0 unspecified atom stereocenters. The second kappa shape index (κ2) is 4.97. The Morgan fingerprint density at radius 1 is 1.41 bits per heavy atom. The standard InChI is InChI=1S/C12H12N2O2S/c1-2-15-12-9(10(13)17)14-11(16-12)8-6-4-3-5-7-8/h3-7H,2H2,1H3,(H2,13,17). The Morgan fingerprint density at radius 3 is 2.71 bits per heavy atom. The molecule has 2 rings (SSSR count). The monoisotopic (exact) mass is 248 g/mol. The molecule has 0 spiro atoms. The molecule has 0 amide bonds. The van der Waals surface area contributed by atoms with E-state index in [1.165, 1.54) is 0 Å². The van der Waals surface area contributed by atoms with Gasteiger partial charge in [-0.2, -0.15) is 0 Å². The lowest BCUT2D eigenvalue weighted by molar-refractivity contribution is 0.260. The van der Waals surface area contributed by atoms with Crippen molar-refractivity contribution in [3.8, 4) is 17.4 Å². The molecule has 0 radical (unpaired) electrons. The molecule has 1 aromatic carbocycles. The topological polar surface area (TPSA) is 61.3 Å². The summed E-state index contributed by atoms with van der Waals surface area (Å²) < 4.78 is 10.8. The summed E-state index contributed by atoms with van der Waals surface area (Å²) in [4.78, 5) is 4.41. The molecule has 0 atom stereocenters. The number of hydrogen-bond donors (Lipinski definition) is 1. The number of nitrogens with two attached hydrogens (primary N) is 1. The van der Waals surface area contributed by atoms with Gasteiger partial charge < -0.3 is 14.9 Å². The van der Waals surface area contributed by atoms with Gasteiger partial charge in [0.2, 0.25) is 5.89 Å². The molecule has 88 valence electrons. The molecule has 5 heteroatoms. The normalized spacial score (nSPS) is 10.2. The summed E-state index contributed by atoms with van der Waals surface area (Å²) in [5.41, 5.74) is 6.81. The van der Waals surface area contributed by atoms with Crippen LogP contribution < -0.4 is 10.5 Å². The molecule has 0 saturated heterocycles. The van der Waals surface area contributed by atoms with Crippen molar-refractivity contribution in [3.63, 3.8) is 0 Å². The van der Waals surface area contributed by atoms with Crippen molar-refractivity contribution in [1.82, 2.24) is 4.98 Å². The Morgan fingerprint density at radius 2 is 2.12 bits per heavy atom. The number of nitrogens with zero attached hydrogens (tertiary/aromatic N) is 1. The van der Waals surface area contributed by atoms with Crippen LogP contribution in [0.1, 0.15) is 12.6 Å². The highest BCUT2D eigenvalue weighted by molar-refractivity contribution is 7.80. The molecule has 2 N–H and O–H groups in total. The van der Waals surface area contributed by atoms with Crippen LogP contribution in [-0.2, 0) is 0 Å². The summed E-state index contributed by atoms with van der Waals surface area (Å²) >= 11 is 4.90. The highest BCUT2D eigenvalue weighted by Gasteiger charge is 2.17. The van der Waals surface area contributed by atoms with Crippen LogP contribution in [0.15, 0.2) is 34.7 Å². The first kappa shape index (κ1) is 11.6. The average molecular weight is 248 g/mol. The average Bonchev–Trinajstić information content (AvgIpc) is 2.75. The zero-order valence-electron chi connectivity index (χ0n) is 9.34. The predicted octanol–water partition coefficient (Wildman–Crippen LogP) is 2.37. The van der Waals surface area contributed by atoms with Gasteiger partial charge in [0, 0.05) is 5.56 Å². The van der Waals surface area contributed by atoms with Crippen LogP contribution in [0.2, 0.25) is 0 Å². The van der Waals surface area contributed by atoms with E-state index in [1.54, 1.807) is 0 Å². The van der Waals surface area contributed by atoms with Crippen LogP contribution in [0.5, 0.6) is 5.95 Å². The summed E-state index contributed by atoms with van der Waals surface area (Å²) in [7, 11) is 0. The van der Waals surface area contributed by atoms with Gasteiger partial charge in [-0.25, -0.2) is 4.98 Å². The van der Waals surface area contributed by atoms with Crippen LogP contribution in [0.4, 0.5) is 0 Å². The highest BCUT2D eigenvalue weighted by atomic mass is 32.1. The Balaban J connectivity index is 2.44. The molecule has 0 saturated carbocycles. The van der Waals surface area contributed by atoms with Gasteiger partial charge in [-0.1, -0.05) is 30.4 Å². The maximum Gasteiger partial charge on any atom is 0.316 e. The van der Waals surface area contributed by atoms with Crippen LogP contribution in [0, 0.1) is 0 Å². The Labute approximate surface area is 104 Å². The van der Waals surface area contributed by atoms with Gasteiger partial charge in [-0.3, -0.25) is 0 Å². The van der Waals surface area contributed by atoms with E-state index >= 15 is 0 Å². The number of benzene rings is 1. The molecule has 4 nitrogen and oxygen atoms in total. The van der Waals surface area contributed by atoms with Crippen LogP contribution >= 0.6 is 12.2 Å². The molecule has 1 aromatic heterocycles. The van der Waals surface area contributed by atoms with E-state index in [0.29, 0.717) is 18.2 Å². The first-order chi connectivity index (χ1) is 8.22. The minimum Gasteiger partial charge on any atom is -0.464 e. The van der Waals surface area contributed by atoms with Crippen molar-refractivity contribution in [2.45, 2.75) is 6.92 Å². The minimum atomic E-state index is 0.166. The molecular formula is C12H12N2O2S. The van der Waals surface area contributed by atoms with Gasteiger partial charge in [0.1, 0.15) is 4.99 Å². The lowest BCUT2D eigenvalue weighted by atomic mass is 10.2. The highest BCUT2D eigenvalue weighted by Crippen LogP contribution is 2.27. The zero-order valence-corrected chi connectivity index (χ0v) is 10.2. The second-order valence-corrected chi connectivity index (χ2v) is 3.76. The molecule has 0 fully saturated rings. The third kappa shape index (κ3) is 2.45. The van der Waals surface area contributed by atoms with Gasteiger partial charge >= 0.3 is 5.95 Å². The minimum absolute atomic E-state index is 0.166. The van der Waals surface area contributed by atoms with E-state index in [1.807, 2.05) is 37.3 Å². The van der Waals surface area contributed by atoms with E-state index in [4.69, 9.17) is 27.1 Å². The van der Waals surface area contributed by atoms with Crippen molar-refractivity contribution in [2.75, 3.05) is 6.61 Å². The van der Waals surface area contributed by atoms with Crippen LogP contribution in [0.3, 0.4) is 0 Å². The first-order valence-electron chi connectivity index (χ1n) is 5.21. The number of aromatic nitrogens is 1. The zero-order chi connectivity index (χ0) is 12.3. The fourth-order valence-electron chi connectivity index (χ4n) is 1.39. The van der Waals surface area contributed by atoms with E-state index in [-0.39, 0.29) is 10.9 Å². The molecular weight excluding hydrogens is 236 g/mol. The summed E-state index contributed by atoms with van der Waals surface area (Å²) in [6.45, 7) is 2.33. The fraction of sp³-hybridized carbons (Fsp3) is 0.167. The largest absolute Gasteiger partial charge is 0.464 e. The molecule has 17 heavy (non-hydrogen) atoms. The van der Waals surface area contributed by atoms with E-state index in [0.717, 1.165) is 5.56 Å². The van der Waals surface area contributed by atoms with Gasteiger partial charge in [-0.15, -0.1) is 0 Å². The van der Waals surface area contributed by atoms with Crippen molar-refractivity contribution in [3.05, 3.63) is 36.0 Å². The maximum absolute atomic E-state index is 5.57. The van der Waals surface area contributed by atoms with Crippen molar-refractivity contribution in [1.29, 1.82) is 0 Å². The SMILES string of the molecule is CCOc1oc(-c2ccccc2)nc1C(N)=S. The van der Waals surface area contributed by atoms with Gasteiger partial charge in [0.25, 0.3) is 0 Å². The maximum atomic E-state index is 5.57. The van der Waals surface area contributed by atoms with Gasteiger partial charge in [-0.05, 0) is 19.1 Å². The Bertz CT molecular complexity index is 523. The second-order valence-electron chi connectivity index (χ2n) is 3.32. The summed E-state index contributed by atoms with van der Waals surface area (Å²) in [5.74, 6) is 0.732. The number of thiocarbonyl (C=S) groups is 1. The predicted molar refractivity (Wildman–Crippen MR) is 69.0 cm³/mol. The van der Waals surface area contributed by atoms with E-state index < -0.39 is 0 Å². The summed E-state index contributed by atoms with van der Waals surface area (Å²) in [5, 5.41) is 0. The number of oxazole rings is 1. The van der Waals surface area contributed by atoms with Crippen molar-refractivity contribution >= 4 is 17.2 Å². The molecule has 0 aliphatic heterocycles. The van der Waals surface area contributed by atoms with E-state index in [9.17, 15) is 0 Å². The Kier molecular flexibility index (Phi) is 3.39. The smallest absolute Gasteiger partial charge is 0.316 e. The lowest BCUT2D eigenvalue weighted by Crippen LogP contribution is -2.11. The number of rotatable bonds is 4. The van der Waals surface area contributed by atoms with Gasteiger partial charge in [0.05, 0.1) is 6.61 Å². The Hall–Kier alpha value is -1.88. The lowest BCUT2D eigenvalue weighted by Gasteiger charge is -1.98.